The molecule has 11 heteroatoms. The topological polar surface area (TPSA) is 96.0 Å². The van der Waals surface area contributed by atoms with Gasteiger partial charge in [-0.3, -0.25) is 13.9 Å². The van der Waals surface area contributed by atoms with E-state index in [2.05, 4.69) is 21.2 Å². The molecule has 1 aliphatic rings. The number of carbonyl (C=O) groups excluding carboxylic acids is 2. The molecule has 5 rings (SSSR count). The molecule has 1 saturated carbocycles. The van der Waals surface area contributed by atoms with Gasteiger partial charge in [0.25, 0.3) is 10.0 Å². The zero-order valence-electron chi connectivity index (χ0n) is 26.7. The molecule has 8 nitrogen and oxygen atoms in total. The van der Waals surface area contributed by atoms with Gasteiger partial charge in [-0.2, -0.15) is 0 Å². The van der Waals surface area contributed by atoms with Crippen LogP contribution < -0.4 is 14.4 Å². The van der Waals surface area contributed by atoms with Gasteiger partial charge in [-0.05, 0) is 79.4 Å². The number of halogens is 2. The first-order chi connectivity index (χ1) is 23.2. The minimum absolute atomic E-state index is 0.0280. The minimum atomic E-state index is -4.30. The summed E-state index contributed by atoms with van der Waals surface area (Å²) in [5, 5.41) is 3.58. The average molecular weight is 753 g/mol. The Balaban J connectivity index is 1.59. The molecule has 0 aromatic heterocycles. The predicted molar refractivity (Wildman–Crippen MR) is 193 cm³/mol. The highest BCUT2D eigenvalue weighted by Gasteiger charge is 2.36. The van der Waals surface area contributed by atoms with E-state index in [-0.39, 0.29) is 42.1 Å². The summed E-state index contributed by atoms with van der Waals surface area (Å²) in [6, 6.07) is 28.7. The molecule has 0 radical (unpaired) electrons. The Bertz CT molecular complexity index is 1780. The molecule has 0 saturated heterocycles. The van der Waals surface area contributed by atoms with Gasteiger partial charge in [0.1, 0.15) is 18.3 Å². The molecule has 0 aliphatic heterocycles. The van der Waals surface area contributed by atoms with Crippen molar-refractivity contribution in [1.29, 1.82) is 0 Å². The largest absolute Gasteiger partial charge is 0.492 e. The molecule has 1 fully saturated rings. The fraction of sp³-hybridized carbons (Fsp3) is 0.297. The van der Waals surface area contributed by atoms with E-state index in [0.29, 0.717) is 10.8 Å². The fourth-order valence-corrected chi connectivity index (χ4v) is 7.71. The lowest BCUT2D eigenvalue weighted by molar-refractivity contribution is -0.140. The number of benzene rings is 4. The second kappa shape index (κ2) is 16.5. The zero-order valence-corrected chi connectivity index (χ0v) is 29.9. The molecular formula is C37H39BrClN3O5S. The van der Waals surface area contributed by atoms with Gasteiger partial charge in [-0.15, -0.1) is 0 Å². The van der Waals surface area contributed by atoms with Crippen LogP contribution in [0.1, 0.15) is 43.7 Å². The summed E-state index contributed by atoms with van der Waals surface area (Å²) in [5.74, 6) is -0.494. The van der Waals surface area contributed by atoms with Gasteiger partial charge in [-0.25, -0.2) is 8.42 Å². The summed E-state index contributed by atoms with van der Waals surface area (Å²) in [7, 11) is -4.30. The molecule has 0 bridgehead atoms. The van der Waals surface area contributed by atoms with Crippen LogP contribution in [0.5, 0.6) is 5.75 Å². The van der Waals surface area contributed by atoms with Gasteiger partial charge in [-0.1, -0.05) is 95.0 Å². The molecule has 4 aromatic rings. The highest BCUT2D eigenvalue weighted by Crippen LogP contribution is 2.33. The van der Waals surface area contributed by atoms with Gasteiger partial charge in [0.05, 0.1) is 17.2 Å². The number of rotatable bonds is 14. The van der Waals surface area contributed by atoms with Crippen molar-refractivity contribution in [2.24, 2.45) is 0 Å². The highest BCUT2D eigenvalue weighted by molar-refractivity contribution is 9.10. The second-order valence-corrected chi connectivity index (χ2v) is 14.9. The fourth-order valence-electron chi connectivity index (χ4n) is 5.90. The normalized spacial score (nSPS) is 13.9. The van der Waals surface area contributed by atoms with E-state index >= 15 is 0 Å². The quantitative estimate of drug-likeness (QED) is 0.145. The maximum atomic E-state index is 14.7. The maximum absolute atomic E-state index is 14.7. The van der Waals surface area contributed by atoms with E-state index in [1.54, 1.807) is 31.2 Å². The lowest BCUT2D eigenvalue weighted by Crippen LogP contribution is -2.54. The zero-order chi connectivity index (χ0) is 34.1. The summed E-state index contributed by atoms with van der Waals surface area (Å²) in [4.78, 5) is 30.4. The van der Waals surface area contributed by atoms with Crippen LogP contribution in [-0.2, 0) is 32.6 Å². The van der Waals surface area contributed by atoms with Crippen LogP contribution in [0.15, 0.2) is 112 Å². The molecule has 1 atom stereocenters. The van der Waals surface area contributed by atoms with Crippen molar-refractivity contribution >= 4 is 55.1 Å². The lowest BCUT2D eigenvalue weighted by atomic mass is 10.0. The number of nitrogens with zero attached hydrogens (tertiary/aromatic N) is 2. The van der Waals surface area contributed by atoms with E-state index in [0.717, 1.165) is 45.6 Å². The number of nitrogens with one attached hydrogen (secondary N) is 1. The third kappa shape index (κ3) is 8.98. The van der Waals surface area contributed by atoms with Crippen LogP contribution in [0.3, 0.4) is 0 Å². The highest BCUT2D eigenvalue weighted by atomic mass is 79.9. The number of ether oxygens (including phenoxy) is 1. The maximum Gasteiger partial charge on any atom is 0.264 e. The summed E-state index contributed by atoms with van der Waals surface area (Å²) in [6.45, 7) is 1.60. The number of sulfonamides is 1. The molecule has 2 amide bonds. The SMILES string of the molecule is CCOc1ccccc1N(CC(=O)N(Cc1ccc(Br)cc1)C(Cc1ccccc1)C(=O)NC1CCCC1)S(=O)(=O)c1ccc(Cl)cc1. The smallest absolute Gasteiger partial charge is 0.264 e. The first kappa shape index (κ1) is 35.4. The van der Waals surface area contributed by atoms with Crippen molar-refractivity contribution in [2.75, 3.05) is 17.5 Å². The molecule has 48 heavy (non-hydrogen) atoms. The predicted octanol–water partition coefficient (Wildman–Crippen LogP) is 7.40. The Morgan fingerprint density at radius 3 is 2.21 bits per heavy atom. The van der Waals surface area contributed by atoms with Crippen molar-refractivity contribution in [3.63, 3.8) is 0 Å². The summed E-state index contributed by atoms with van der Waals surface area (Å²) in [5.41, 5.74) is 1.88. The Labute approximate surface area is 296 Å². The van der Waals surface area contributed by atoms with E-state index in [9.17, 15) is 18.0 Å². The van der Waals surface area contributed by atoms with Crippen LogP contribution in [0.4, 0.5) is 5.69 Å². The standard InChI is InChI=1S/C37H39BrClN3O5S/c1-2-47-35-15-9-8-14-33(35)42(48(45,46)32-22-20-30(39)21-23-32)26-36(43)41(25-28-16-18-29(38)19-17-28)34(24-27-10-4-3-5-11-27)37(44)40-31-12-6-7-13-31/h3-5,8-11,14-23,31,34H,2,6-7,12-13,24-26H2,1H3,(H,40,44). The van der Waals surface area contributed by atoms with Crippen LogP contribution >= 0.6 is 27.5 Å². The first-order valence-electron chi connectivity index (χ1n) is 16.0. The van der Waals surface area contributed by atoms with Gasteiger partial charge >= 0.3 is 0 Å². The van der Waals surface area contributed by atoms with Crippen molar-refractivity contribution in [1.82, 2.24) is 10.2 Å². The molecular weight excluding hydrogens is 714 g/mol. The second-order valence-electron chi connectivity index (χ2n) is 11.7. The van der Waals surface area contributed by atoms with Gasteiger partial charge < -0.3 is 15.0 Å². The van der Waals surface area contributed by atoms with Crippen LogP contribution in [0.2, 0.25) is 5.02 Å². The third-order valence-corrected chi connectivity index (χ3v) is 10.9. The molecule has 252 valence electrons. The lowest BCUT2D eigenvalue weighted by Gasteiger charge is -2.34. The Morgan fingerprint density at radius 2 is 1.54 bits per heavy atom. The molecule has 0 spiro atoms. The summed E-state index contributed by atoms with van der Waals surface area (Å²) in [6.07, 6.45) is 4.08. The number of amides is 2. The Kier molecular flexibility index (Phi) is 12.2. The minimum Gasteiger partial charge on any atom is -0.492 e. The molecule has 1 aliphatic carbocycles. The Hall–Kier alpha value is -3.86. The van der Waals surface area contributed by atoms with Gasteiger partial charge in [0, 0.05) is 28.5 Å². The molecule has 1 unspecified atom stereocenters. The van der Waals surface area contributed by atoms with Gasteiger partial charge in [0.15, 0.2) is 0 Å². The van der Waals surface area contributed by atoms with E-state index in [1.165, 1.54) is 29.2 Å². The molecule has 4 aromatic carbocycles. The van der Waals surface area contributed by atoms with E-state index in [1.807, 2.05) is 54.6 Å². The number of hydrogen-bond donors (Lipinski definition) is 1. The number of hydrogen-bond acceptors (Lipinski definition) is 5. The van der Waals surface area contributed by atoms with E-state index < -0.39 is 28.5 Å². The number of anilines is 1. The monoisotopic (exact) mass is 751 g/mol. The van der Waals surface area contributed by atoms with Crippen LogP contribution in [0.25, 0.3) is 0 Å². The Morgan fingerprint density at radius 1 is 0.896 bits per heavy atom. The van der Waals surface area contributed by atoms with E-state index in [4.69, 9.17) is 16.3 Å². The number of para-hydroxylation sites is 2. The summed E-state index contributed by atoms with van der Waals surface area (Å²) < 4.78 is 36.5. The average Bonchev–Trinajstić information content (AvgIpc) is 3.60. The summed E-state index contributed by atoms with van der Waals surface area (Å²) >= 11 is 9.57. The van der Waals surface area contributed by atoms with Crippen molar-refractivity contribution in [3.8, 4) is 5.75 Å². The first-order valence-corrected chi connectivity index (χ1v) is 18.6. The number of carbonyl (C=O) groups is 2. The van der Waals surface area contributed by atoms with Gasteiger partial charge in [0.2, 0.25) is 11.8 Å². The van der Waals surface area contributed by atoms with Crippen molar-refractivity contribution in [2.45, 2.75) is 62.6 Å². The van der Waals surface area contributed by atoms with Crippen molar-refractivity contribution < 1.29 is 22.7 Å². The molecule has 0 heterocycles. The van der Waals surface area contributed by atoms with Crippen LogP contribution in [0, 0.1) is 0 Å². The van der Waals surface area contributed by atoms with Crippen LogP contribution in [-0.4, -0.2) is 50.4 Å². The van der Waals surface area contributed by atoms with Crippen molar-refractivity contribution in [3.05, 3.63) is 124 Å². The molecule has 1 N–H and O–H groups in total. The third-order valence-electron chi connectivity index (χ3n) is 8.35.